The summed E-state index contributed by atoms with van der Waals surface area (Å²) >= 11 is 5.77. The van der Waals surface area contributed by atoms with Gasteiger partial charge in [0.25, 0.3) is 0 Å². The van der Waals surface area contributed by atoms with Crippen molar-refractivity contribution in [1.82, 2.24) is 4.98 Å². The molecule has 1 N–H and O–H groups in total. The van der Waals surface area contributed by atoms with Gasteiger partial charge < -0.3 is 9.84 Å². The van der Waals surface area contributed by atoms with Gasteiger partial charge in [-0.15, -0.1) is 0 Å². The zero-order chi connectivity index (χ0) is 13.1. The Kier molecular flexibility index (Phi) is 3.43. The molecule has 0 atom stereocenters. The molecule has 2 aromatic rings. The molecule has 4 nitrogen and oxygen atoms in total. The predicted octanol–water partition coefficient (Wildman–Crippen LogP) is 3.36. The van der Waals surface area contributed by atoms with Crippen LogP contribution in [0.5, 0.6) is 11.6 Å². The summed E-state index contributed by atoms with van der Waals surface area (Å²) in [6.45, 7) is 0. The van der Waals surface area contributed by atoms with Crippen LogP contribution in [0.2, 0.25) is 5.02 Å². The first kappa shape index (κ1) is 12.3. The summed E-state index contributed by atoms with van der Waals surface area (Å²) in [4.78, 5) is 14.7. The second-order valence-electron chi connectivity index (χ2n) is 3.34. The van der Waals surface area contributed by atoms with E-state index in [1.54, 1.807) is 0 Å². The average Bonchev–Trinajstić information content (AvgIpc) is 2.33. The first-order chi connectivity index (χ1) is 8.58. The van der Waals surface area contributed by atoms with Crippen molar-refractivity contribution in [2.45, 2.75) is 0 Å². The van der Waals surface area contributed by atoms with Crippen LogP contribution in [0.4, 0.5) is 4.39 Å². The summed E-state index contributed by atoms with van der Waals surface area (Å²) < 4.78 is 18.1. The van der Waals surface area contributed by atoms with E-state index in [1.165, 1.54) is 24.4 Å². The first-order valence-electron chi connectivity index (χ1n) is 4.89. The van der Waals surface area contributed by atoms with E-state index in [1.807, 2.05) is 0 Å². The molecule has 1 heterocycles. The number of rotatable bonds is 3. The molecule has 1 aromatic heterocycles. The Hall–Kier alpha value is -2.14. The maximum atomic E-state index is 12.8. The van der Waals surface area contributed by atoms with Crippen LogP contribution >= 0.6 is 11.6 Å². The second kappa shape index (κ2) is 5.01. The molecule has 2 rings (SSSR count). The molecule has 0 aliphatic carbocycles. The molecule has 0 bridgehead atoms. The number of carbonyl (C=O) groups is 1. The van der Waals surface area contributed by atoms with Crippen LogP contribution in [-0.4, -0.2) is 16.1 Å². The number of hydrogen-bond acceptors (Lipinski definition) is 3. The van der Waals surface area contributed by atoms with E-state index in [9.17, 15) is 9.18 Å². The SMILES string of the molecule is O=C(O)c1cccnc1Oc1ccc(F)cc1Cl. The van der Waals surface area contributed by atoms with Crippen LogP contribution in [0.1, 0.15) is 10.4 Å². The van der Waals surface area contributed by atoms with Gasteiger partial charge in [-0.2, -0.15) is 0 Å². The molecule has 92 valence electrons. The minimum absolute atomic E-state index is 0.0389. The highest BCUT2D eigenvalue weighted by Crippen LogP contribution is 2.30. The van der Waals surface area contributed by atoms with Gasteiger partial charge in [-0.05, 0) is 30.3 Å². The number of pyridine rings is 1. The third kappa shape index (κ3) is 2.57. The standard InChI is InChI=1S/C12H7ClFNO3/c13-9-6-7(14)3-4-10(9)18-11-8(12(16)17)2-1-5-15-11/h1-6H,(H,16,17). The Bertz CT molecular complexity index is 604. The Morgan fingerprint density at radius 2 is 2.17 bits per heavy atom. The average molecular weight is 268 g/mol. The molecule has 0 aliphatic rings. The molecule has 0 amide bonds. The molecule has 0 saturated carbocycles. The highest BCUT2D eigenvalue weighted by molar-refractivity contribution is 6.32. The van der Waals surface area contributed by atoms with Crippen molar-refractivity contribution in [3.63, 3.8) is 0 Å². The van der Waals surface area contributed by atoms with E-state index in [2.05, 4.69) is 4.98 Å². The smallest absolute Gasteiger partial charge is 0.341 e. The van der Waals surface area contributed by atoms with Gasteiger partial charge in [-0.3, -0.25) is 0 Å². The molecule has 18 heavy (non-hydrogen) atoms. The number of carboxylic acid groups (broad SMARTS) is 1. The first-order valence-corrected chi connectivity index (χ1v) is 5.27. The number of aromatic nitrogens is 1. The van der Waals surface area contributed by atoms with E-state index in [0.717, 1.165) is 12.1 Å². The largest absolute Gasteiger partial charge is 0.477 e. The quantitative estimate of drug-likeness (QED) is 0.926. The van der Waals surface area contributed by atoms with E-state index in [-0.39, 0.29) is 22.2 Å². The fourth-order valence-electron chi connectivity index (χ4n) is 1.30. The molecule has 1 aromatic carbocycles. The van der Waals surface area contributed by atoms with Gasteiger partial charge in [0.1, 0.15) is 17.1 Å². The number of ether oxygens (including phenoxy) is 1. The highest BCUT2D eigenvalue weighted by atomic mass is 35.5. The molecule has 0 saturated heterocycles. The predicted molar refractivity (Wildman–Crippen MR) is 62.7 cm³/mol. The van der Waals surface area contributed by atoms with Gasteiger partial charge in [0.05, 0.1) is 5.02 Å². The molecular weight excluding hydrogens is 261 g/mol. The Balaban J connectivity index is 2.37. The summed E-state index contributed by atoms with van der Waals surface area (Å²) in [5, 5.41) is 8.98. The molecule has 6 heteroatoms. The third-order valence-electron chi connectivity index (χ3n) is 2.10. The van der Waals surface area contributed by atoms with Crippen LogP contribution in [0.3, 0.4) is 0 Å². The Labute approximate surface area is 107 Å². The molecule has 0 radical (unpaired) electrons. The topological polar surface area (TPSA) is 59.4 Å². The summed E-state index contributed by atoms with van der Waals surface area (Å²) in [6, 6.07) is 6.35. The molecule has 0 unspecified atom stereocenters. The molecular formula is C12H7ClFNO3. The monoisotopic (exact) mass is 267 g/mol. The van der Waals surface area contributed by atoms with Crippen molar-refractivity contribution in [2.75, 3.05) is 0 Å². The van der Waals surface area contributed by atoms with Gasteiger partial charge in [0.2, 0.25) is 5.88 Å². The summed E-state index contributed by atoms with van der Waals surface area (Å²) in [7, 11) is 0. The van der Waals surface area contributed by atoms with Crippen molar-refractivity contribution < 1.29 is 19.0 Å². The van der Waals surface area contributed by atoms with Gasteiger partial charge in [0.15, 0.2) is 0 Å². The van der Waals surface area contributed by atoms with E-state index in [0.29, 0.717) is 0 Å². The van der Waals surface area contributed by atoms with Crippen LogP contribution in [0, 0.1) is 5.82 Å². The maximum Gasteiger partial charge on any atom is 0.341 e. The van der Waals surface area contributed by atoms with Gasteiger partial charge >= 0.3 is 5.97 Å². The maximum absolute atomic E-state index is 12.8. The lowest BCUT2D eigenvalue weighted by molar-refractivity contribution is 0.0693. The normalized spacial score (nSPS) is 10.1. The number of halogens is 2. The van der Waals surface area contributed by atoms with Crippen LogP contribution in [0.15, 0.2) is 36.5 Å². The number of nitrogens with zero attached hydrogens (tertiary/aromatic N) is 1. The summed E-state index contributed by atoms with van der Waals surface area (Å²) in [5.74, 6) is -1.64. The van der Waals surface area contributed by atoms with Crippen molar-refractivity contribution in [3.05, 3.63) is 52.9 Å². The van der Waals surface area contributed by atoms with Crippen molar-refractivity contribution in [3.8, 4) is 11.6 Å². The van der Waals surface area contributed by atoms with Crippen molar-refractivity contribution in [2.24, 2.45) is 0 Å². The van der Waals surface area contributed by atoms with Gasteiger partial charge in [-0.25, -0.2) is 14.2 Å². The van der Waals surface area contributed by atoms with Crippen molar-refractivity contribution in [1.29, 1.82) is 0 Å². The minimum Gasteiger partial charge on any atom is -0.477 e. The fraction of sp³-hybridized carbons (Fsp3) is 0. The van der Waals surface area contributed by atoms with Crippen LogP contribution < -0.4 is 4.74 Å². The van der Waals surface area contributed by atoms with Gasteiger partial charge in [-0.1, -0.05) is 11.6 Å². The van der Waals surface area contributed by atoms with E-state index >= 15 is 0 Å². The lowest BCUT2D eigenvalue weighted by Crippen LogP contribution is -2.01. The van der Waals surface area contributed by atoms with E-state index < -0.39 is 11.8 Å². The number of hydrogen-bond donors (Lipinski definition) is 1. The third-order valence-corrected chi connectivity index (χ3v) is 2.40. The number of carboxylic acids is 1. The zero-order valence-corrected chi connectivity index (χ0v) is 9.69. The van der Waals surface area contributed by atoms with Crippen LogP contribution in [0.25, 0.3) is 0 Å². The Morgan fingerprint density at radius 1 is 1.39 bits per heavy atom. The lowest BCUT2D eigenvalue weighted by atomic mass is 10.3. The lowest BCUT2D eigenvalue weighted by Gasteiger charge is -2.08. The second-order valence-corrected chi connectivity index (χ2v) is 3.75. The zero-order valence-electron chi connectivity index (χ0n) is 8.93. The molecule has 0 spiro atoms. The number of benzene rings is 1. The fourth-order valence-corrected chi connectivity index (χ4v) is 1.50. The summed E-state index contributed by atoms with van der Waals surface area (Å²) in [6.07, 6.45) is 1.39. The molecule has 0 fully saturated rings. The molecule has 0 aliphatic heterocycles. The van der Waals surface area contributed by atoms with E-state index in [4.69, 9.17) is 21.4 Å². The minimum atomic E-state index is -1.17. The Morgan fingerprint density at radius 3 is 2.83 bits per heavy atom. The highest BCUT2D eigenvalue weighted by Gasteiger charge is 2.14. The van der Waals surface area contributed by atoms with Crippen molar-refractivity contribution >= 4 is 17.6 Å². The number of aromatic carboxylic acids is 1. The van der Waals surface area contributed by atoms with Crippen LogP contribution in [-0.2, 0) is 0 Å². The summed E-state index contributed by atoms with van der Waals surface area (Å²) in [5.41, 5.74) is -0.0992. The van der Waals surface area contributed by atoms with Gasteiger partial charge in [0, 0.05) is 6.20 Å².